The molecule has 3 N–H and O–H groups in total. The summed E-state index contributed by atoms with van der Waals surface area (Å²) < 4.78 is 7.04. The van der Waals surface area contributed by atoms with Crippen LogP contribution in [0, 0.1) is 6.92 Å². The minimum absolute atomic E-state index is 0.157. The van der Waals surface area contributed by atoms with Crippen LogP contribution in [-0.4, -0.2) is 79.9 Å². The lowest BCUT2D eigenvalue weighted by Gasteiger charge is -2.26. The Bertz CT molecular complexity index is 1540. The molecular weight excluding hydrogens is 532 g/mol. The molecule has 0 unspecified atom stereocenters. The number of hydrogen-bond acceptors (Lipinski definition) is 10. The van der Waals surface area contributed by atoms with E-state index in [0.717, 1.165) is 67.7 Å². The third-order valence-electron chi connectivity index (χ3n) is 7.12. The molecule has 0 bridgehead atoms. The molecule has 4 aromatic rings. The minimum Gasteiger partial charge on any atom is -0.379 e. The fraction of sp³-hybridized carbons (Fsp3) is 0.400. The van der Waals surface area contributed by atoms with Gasteiger partial charge in [0, 0.05) is 62.3 Å². The fourth-order valence-corrected chi connectivity index (χ4v) is 4.59. The van der Waals surface area contributed by atoms with E-state index in [0.29, 0.717) is 22.9 Å². The van der Waals surface area contributed by atoms with E-state index < -0.39 is 0 Å². The first-order valence-electron chi connectivity index (χ1n) is 14.1. The van der Waals surface area contributed by atoms with Gasteiger partial charge < -0.3 is 20.7 Å². The van der Waals surface area contributed by atoms with Crippen molar-refractivity contribution in [2.45, 2.75) is 33.1 Å². The predicted octanol–water partition coefficient (Wildman–Crippen LogP) is 4.01. The SMILES string of the molecule is Cc1ccc(NC(=O)c2cc(C(C)(C)C)nn2C)cc1Nc1ncncc1-c1cc(NCCN2CCOCC2)ncn1. The van der Waals surface area contributed by atoms with E-state index in [1.165, 1.54) is 12.7 Å². The number of nitrogens with one attached hydrogen (secondary N) is 3. The normalized spacial score (nSPS) is 14.0. The van der Waals surface area contributed by atoms with Gasteiger partial charge in [0.1, 0.15) is 30.0 Å². The van der Waals surface area contributed by atoms with Crippen LogP contribution < -0.4 is 16.0 Å². The van der Waals surface area contributed by atoms with E-state index in [-0.39, 0.29) is 11.3 Å². The summed E-state index contributed by atoms with van der Waals surface area (Å²) in [5.74, 6) is 1.09. The molecule has 0 spiro atoms. The summed E-state index contributed by atoms with van der Waals surface area (Å²) >= 11 is 0. The van der Waals surface area contributed by atoms with Crippen molar-refractivity contribution >= 4 is 28.9 Å². The fourth-order valence-electron chi connectivity index (χ4n) is 4.59. The number of amides is 1. The average Bonchev–Trinajstić information content (AvgIpc) is 3.38. The minimum atomic E-state index is -0.229. The van der Waals surface area contributed by atoms with E-state index in [1.54, 1.807) is 17.9 Å². The monoisotopic (exact) mass is 570 g/mol. The van der Waals surface area contributed by atoms with Crippen LogP contribution in [0.2, 0.25) is 0 Å². The zero-order valence-corrected chi connectivity index (χ0v) is 24.8. The van der Waals surface area contributed by atoms with Crippen molar-refractivity contribution in [3.8, 4) is 11.3 Å². The van der Waals surface area contributed by atoms with Gasteiger partial charge in [-0.1, -0.05) is 26.8 Å². The van der Waals surface area contributed by atoms with Crippen LogP contribution in [0.25, 0.3) is 11.3 Å². The third-order valence-corrected chi connectivity index (χ3v) is 7.12. The summed E-state index contributed by atoms with van der Waals surface area (Å²) in [5, 5.41) is 14.3. The Hall–Kier alpha value is -4.42. The molecule has 0 aliphatic carbocycles. The van der Waals surface area contributed by atoms with Crippen LogP contribution in [0.1, 0.15) is 42.5 Å². The number of carbonyl (C=O) groups excluding carboxylic acids is 1. The number of nitrogens with zero attached hydrogens (tertiary/aromatic N) is 7. The highest BCUT2D eigenvalue weighted by molar-refractivity contribution is 6.03. The molecule has 12 heteroatoms. The standard InChI is InChI=1S/C30H38N10O2/c1-20-6-7-21(36-29(41)25-16-26(30(2,3)4)38-39(25)5)14-23(20)37-28-22(17-31-18-35-28)24-15-27(34-19-33-24)32-8-9-40-10-12-42-13-11-40/h6-7,14-19H,8-13H2,1-5H3,(H,36,41)(H,31,35,37)(H,32,33,34). The molecule has 1 saturated heterocycles. The van der Waals surface area contributed by atoms with Gasteiger partial charge in [0.25, 0.3) is 5.91 Å². The second-order valence-electron chi connectivity index (χ2n) is 11.4. The molecule has 1 aliphatic rings. The maximum Gasteiger partial charge on any atom is 0.273 e. The molecule has 42 heavy (non-hydrogen) atoms. The lowest BCUT2D eigenvalue weighted by Crippen LogP contribution is -2.39. The lowest BCUT2D eigenvalue weighted by atomic mass is 9.92. The van der Waals surface area contributed by atoms with Crippen molar-refractivity contribution in [2.24, 2.45) is 7.05 Å². The van der Waals surface area contributed by atoms with Gasteiger partial charge >= 0.3 is 0 Å². The Balaban J connectivity index is 1.30. The zero-order chi connectivity index (χ0) is 29.7. The molecule has 1 fully saturated rings. The molecule has 0 atom stereocenters. The first-order chi connectivity index (χ1) is 20.2. The molecule has 3 aromatic heterocycles. The maximum atomic E-state index is 13.1. The van der Waals surface area contributed by atoms with Crippen molar-refractivity contribution in [3.63, 3.8) is 0 Å². The summed E-state index contributed by atoms with van der Waals surface area (Å²) in [6.07, 6.45) is 4.75. The van der Waals surface area contributed by atoms with E-state index in [9.17, 15) is 4.79 Å². The maximum absolute atomic E-state index is 13.1. The number of aryl methyl sites for hydroxylation is 2. The molecule has 220 valence electrons. The number of morpholine rings is 1. The summed E-state index contributed by atoms with van der Waals surface area (Å²) in [6.45, 7) is 13.3. The van der Waals surface area contributed by atoms with E-state index in [2.05, 4.69) is 66.7 Å². The number of hydrogen-bond donors (Lipinski definition) is 3. The highest BCUT2D eigenvalue weighted by Crippen LogP contribution is 2.30. The second-order valence-corrected chi connectivity index (χ2v) is 11.4. The Morgan fingerprint density at radius 2 is 1.86 bits per heavy atom. The van der Waals surface area contributed by atoms with Crippen molar-refractivity contribution in [1.82, 2.24) is 34.6 Å². The molecule has 0 saturated carbocycles. The Kier molecular flexibility index (Phi) is 8.74. The van der Waals surface area contributed by atoms with Crippen LogP contribution >= 0.6 is 0 Å². The van der Waals surface area contributed by atoms with Gasteiger partial charge in [0.05, 0.1) is 30.2 Å². The largest absolute Gasteiger partial charge is 0.379 e. The molecule has 1 amide bonds. The van der Waals surface area contributed by atoms with Gasteiger partial charge in [0.2, 0.25) is 0 Å². The van der Waals surface area contributed by atoms with Crippen molar-refractivity contribution in [3.05, 3.63) is 66.1 Å². The van der Waals surface area contributed by atoms with Crippen LogP contribution in [-0.2, 0) is 17.2 Å². The zero-order valence-electron chi connectivity index (χ0n) is 24.8. The topological polar surface area (TPSA) is 135 Å². The predicted molar refractivity (Wildman–Crippen MR) is 163 cm³/mol. The second kappa shape index (κ2) is 12.6. The molecule has 1 aliphatic heterocycles. The number of anilines is 4. The first-order valence-corrected chi connectivity index (χ1v) is 14.1. The summed E-state index contributed by atoms with van der Waals surface area (Å²) in [6, 6.07) is 9.44. The quantitative estimate of drug-likeness (QED) is 0.271. The van der Waals surface area contributed by atoms with Gasteiger partial charge in [-0.3, -0.25) is 14.4 Å². The van der Waals surface area contributed by atoms with Gasteiger partial charge in [-0.05, 0) is 30.7 Å². The van der Waals surface area contributed by atoms with E-state index in [4.69, 9.17) is 4.74 Å². The van der Waals surface area contributed by atoms with Crippen molar-refractivity contribution < 1.29 is 9.53 Å². The first kappa shape index (κ1) is 29.1. The lowest BCUT2D eigenvalue weighted by molar-refractivity contribution is 0.0398. The number of rotatable bonds is 9. The molecular formula is C30H38N10O2. The van der Waals surface area contributed by atoms with Crippen LogP contribution in [0.5, 0.6) is 0 Å². The van der Waals surface area contributed by atoms with E-state index in [1.807, 2.05) is 37.3 Å². The number of aromatic nitrogens is 6. The third kappa shape index (κ3) is 7.07. The summed E-state index contributed by atoms with van der Waals surface area (Å²) in [5.41, 5.74) is 5.05. The van der Waals surface area contributed by atoms with Gasteiger partial charge in [0.15, 0.2) is 0 Å². The summed E-state index contributed by atoms with van der Waals surface area (Å²) in [7, 11) is 1.78. The molecule has 12 nitrogen and oxygen atoms in total. The Labute approximate surface area is 246 Å². The molecule has 4 heterocycles. The van der Waals surface area contributed by atoms with Crippen LogP contribution in [0.4, 0.5) is 23.0 Å². The average molecular weight is 571 g/mol. The molecule has 1 aromatic carbocycles. The van der Waals surface area contributed by atoms with Gasteiger partial charge in [-0.15, -0.1) is 0 Å². The van der Waals surface area contributed by atoms with Crippen molar-refractivity contribution in [1.29, 1.82) is 0 Å². The highest BCUT2D eigenvalue weighted by atomic mass is 16.5. The Morgan fingerprint density at radius 3 is 2.62 bits per heavy atom. The van der Waals surface area contributed by atoms with Crippen LogP contribution in [0.15, 0.2) is 49.2 Å². The van der Waals surface area contributed by atoms with Crippen molar-refractivity contribution in [2.75, 3.05) is 55.3 Å². The number of carbonyl (C=O) groups is 1. The van der Waals surface area contributed by atoms with Crippen LogP contribution in [0.3, 0.4) is 0 Å². The van der Waals surface area contributed by atoms with Gasteiger partial charge in [-0.2, -0.15) is 5.10 Å². The van der Waals surface area contributed by atoms with Gasteiger partial charge in [-0.25, -0.2) is 19.9 Å². The van der Waals surface area contributed by atoms with E-state index >= 15 is 0 Å². The molecule has 0 radical (unpaired) electrons. The number of ether oxygens (including phenoxy) is 1. The summed E-state index contributed by atoms with van der Waals surface area (Å²) in [4.78, 5) is 33.1. The highest BCUT2D eigenvalue weighted by Gasteiger charge is 2.22. The Morgan fingerprint density at radius 1 is 1.05 bits per heavy atom. The molecule has 5 rings (SSSR count). The smallest absolute Gasteiger partial charge is 0.273 e. The number of benzene rings is 1.